The summed E-state index contributed by atoms with van der Waals surface area (Å²) in [6.45, 7) is 1.64. The molecule has 0 saturated heterocycles. The second-order valence-electron chi connectivity index (χ2n) is 3.16. The van der Waals surface area contributed by atoms with Gasteiger partial charge >= 0.3 is 6.03 Å². The van der Waals surface area contributed by atoms with E-state index in [0.29, 0.717) is 5.69 Å². The van der Waals surface area contributed by atoms with E-state index in [2.05, 4.69) is 26.6 Å². The minimum atomic E-state index is -0.330. The Morgan fingerprint density at radius 2 is 2.20 bits per heavy atom. The first kappa shape index (κ1) is 12.0. The van der Waals surface area contributed by atoms with Crippen LogP contribution in [0.25, 0.3) is 0 Å². The number of aliphatic hydroxyl groups excluding tert-OH is 1. The van der Waals surface area contributed by atoms with E-state index in [1.165, 1.54) is 0 Å². The van der Waals surface area contributed by atoms with Gasteiger partial charge in [-0.05, 0) is 35.0 Å². The fourth-order valence-electron chi connectivity index (χ4n) is 0.990. The number of benzene rings is 1. The van der Waals surface area contributed by atoms with Crippen LogP contribution in [0.5, 0.6) is 0 Å². The van der Waals surface area contributed by atoms with Crippen LogP contribution in [0.15, 0.2) is 28.7 Å². The number of halogens is 1. The highest BCUT2D eigenvalue weighted by molar-refractivity contribution is 9.10. The molecule has 0 heterocycles. The number of urea groups is 1. The van der Waals surface area contributed by atoms with Crippen molar-refractivity contribution in [3.63, 3.8) is 0 Å². The number of anilines is 1. The van der Waals surface area contributed by atoms with E-state index in [-0.39, 0.29) is 18.7 Å². The third kappa shape index (κ3) is 3.89. The average molecular weight is 273 g/mol. The van der Waals surface area contributed by atoms with Crippen LogP contribution in [0.3, 0.4) is 0 Å². The third-order valence-electron chi connectivity index (χ3n) is 1.77. The first-order chi connectivity index (χ1) is 7.13. The topological polar surface area (TPSA) is 61.4 Å². The zero-order valence-corrected chi connectivity index (χ0v) is 9.91. The van der Waals surface area contributed by atoms with E-state index in [9.17, 15) is 4.79 Å². The molecule has 1 rings (SSSR count). The highest BCUT2D eigenvalue weighted by Crippen LogP contribution is 2.20. The summed E-state index contributed by atoms with van der Waals surface area (Å²) >= 11 is 3.32. The second-order valence-corrected chi connectivity index (χ2v) is 4.02. The summed E-state index contributed by atoms with van der Waals surface area (Å²) in [6.07, 6.45) is 0. The SMILES string of the molecule is CC(CO)NC(=O)Nc1ccccc1Br. The molecule has 0 aliphatic heterocycles. The van der Waals surface area contributed by atoms with Crippen LogP contribution >= 0.6 is 15.9 Å². The quantitative estimate of drug-likeness (QED) is 0.788. The van der Waals surface area contributed by atoms with E-state index < -0.39 is 0 Å². The molecule has 0 bridgehead atoms. The molecular weight excluding hydrogens is 260 g/mol. The van der Waals surface area contributed by atoms with E-state index in [0.717, 1.165) is 4.47 Å². The van der Waals surface area contributed by atoms with Crippen molar-refractivity contribution in [2.24, 2.45) is 0 Å². The lowest BCUT2D eigenvalue weighted by atomic mass is 10.3. The van der Waals surface area contributed by atoms with Gasteiger partial charge < -0.3 is 15.7 Å². The standard InChI is InChI=1S/C10H13BrN2O2/c1-7(6-14)12-10(15)13-9-5-3-2-4-8(9)11/h2-5,7,14H,6H2,1H3,(H2,12,13,15). The smallest absolute Gasteiger partial charge is 0.319 e. The summed E-state index contributed by atoms with van der Waals surface area (Å²) in [6, 6.07) is 6.73. The maximum atomic E-state index is 11.4. The number of nitrogens with one attached hydrogen (secondary N) is 2. The van der Waals surface area contributed by atoms with Gasteiger partial charge in [-0.3, -0.25) is 0 Å². The molecule has 0 fully saturated rings. The summed E-state index contributed by atoms with van der Waals surface area (Å²) < 4.78 is 0.816. The van der Waals surface area contributed by atoms with Crippen LogP contribution in [0, 0.1) is 0 Å². The Balaban J connectivity index is 2.55. The summed E-state index contributed by atoms with van der Waals surface area (Å²) in [4.78, 5) is 11.4. The molecule has 0 radical (unpaired) electrons. The van der Waals surface area contributed by atoms with Crippen molar-refractivity contribution < 1.29 is 9.90 Å². The van der Waals surface area contributed by atoms with Gasteiger partial charge in [0.15, 0.2) is 0 Å². The van der Waals surface area contributed by atoms with Crippen molar-refractivity contribution in [2.75, 3.05) is 11.9 Å². The highest BCUT2D eigenvalue weighted by atomic mass is 79.9. The van der Waals surface area contributed by atoms with E-state index in [4.69, 9.17) is 5.11 Å². The van der Waals surface area contributed by atoms with Crippen LogP contribution in [0.2, 0.25) is 0 Å². The van der Waals surface area contributed by atoms with Gasteiger partial charge in [0.05, 0.1) is 18.3 Å². The van der Waals surface area contributed by atoms with Crippen molar-refractivity contribution >= 4 is 27.6 Å². The molecule has 2 amide bonds. The lowest BCUT2D eigenvalue weighted by Gasteiger charge is -2.12. The van der Waals surface area contributed by atoms with Crippen LogP contribution in [-0.2, 0) is 0 Å². The average Bonchev–Trinajstić information content (AvgIpc) is 2.21. The van der Waals surface area contributed by atoms with E-state index >= 15 is 0 Å². The van der Waals surface area contributed by atoms with Gasteiger partial charge in [0.2, 0.25) is 0 Å². The van der Waals surface area contributed by atoms with Gasteiger partial charge in [-0.1, -0.05) is 12.1 Å². The molecular formula is C10H13BrN2O2. The van der Waals surface area contributed by atoms with Crippen molar-refractivity contribution in [3.05, 3.63) is 28.7 Å². The molecule has 4 nitrogen and oxygen atoms in total. The molecule has 15 heavy (non-hydrogen) atoms. The Hall–Kier alpha value is -1.07. The largest absolute Gasteiger partial charge is 0.394 e. The predicted octanol–water partition coefficient (Wildman–Crippen LogP) is 1.95. The number of hydrogen-bond donors (Lipinski definition) is 3. The molecule has 1 aromatic carbocycles. The van der Waals surface area contributed by atoms with Crippen molar-refractivity contribution in [1.82, 2.24) is 5.32 Å². The lowest BCUT2D eigenvalue weighted by Crippen LogP contribution is -2.38. The summed E-state index contributed by atoms with van der Waals surface area (Å²) in [5.74, 6) is 0. The van der Waals surface area contributed by atoms with Crippen molar-refractivity contribution in [2.45, 2.75) is 13.0 Å². The molecule has 0 aliphatic carbocycles. The Morgan fingerprint density at radius 1 is 1.53 bits per heavy atom. The summed E-state index contributed by atoms with van der Waals surface area (Å²) in [5.41, 5.74) is 0.695. The predicted molar refractivity (Wildman–Crippen MR) is 62.8 cm³/mol. The zero-order chi connectivity index (χ0) is 11.3. The normalized spacial score (nSPS) is 11.9. The molecule has 0 aromatic heterocycles. The van der Waals surface area contributed by atoms with Gasteiger partial charge in [-0.15, -0.1) is 0 Å². The number of carbonyl (C=O) groups excluding carboxylic acids is 1. The van der Waals surface area contributed by atoms with Crippen molar-refractivity contribution in [1.29, 1.82) is 0 Å². The van der Waals surface area contributed by atoms with Gasteiger partial charge in [-0.2, -0.15) is 0 Å². The zero-order valence-electron chi connectivity index (χ0n) is 8.33. The summed E-state index contributed by atoms with van der Waals surface area (Å²) in [5, 5.41) is 14.0. The minimum Gasteiger partial charge on any atom is -0.394 e. The Morgan fingerprint density at radius 3 is 2.80 bits per heavy atom. The molecule has 1 atom stereocenters. The number of hydrogen-bond acceptors (Lipinski definition) is 2. The first-order valence-corrected chi connectivity index (χ1v) is 5.35. The molecule has 0 aliphatic rings. The van der Waals surface area contributed by atoms with Crippen molar-refractivity contribution in [3.8, 4) is 0 Å². The Kier molecular flexibility index (Phi) is 4.58. The fourth-order valence-corrected chi connectivity index (χ4v) is 1.37. The Bertz CT molecular complexity index is 344. The first-order valence-electron chi connectivity index (χ1n) is 4.56. The number of para-hydroxylation sites is 1. The van der Waals surface area contributed by atoms with Crippen LogP contribution in [0.1, 0.15) is 6.92 Å². The maximum Gasteiger partial charge on any atom is 0.319 e. The van der Waals surface area contributed by atoms with Crippen LogP contribution in [0.4, 0.5) is 10.5 Å². The van der Waals surface area contributed by atoms with Gasteiger partial charge in [-0.25, -0.2) is 4.79 Å². The maximum absolute atomic E-state index is 11.4. The number of aliphatic hydroxyl groups is 1. The molecule has 1 unspecified atom stereocenters. The number of amides is 2. The van der Waals surface area contributed by atoms with Gasteiger partial charge in [0.25, 0.3) is 0 Å². The molecule has 3 N–H and O–H groups in total. The molecule has 1 aromatic rings. The van der Waals surface area contributed by atoms with Gasteiger partial charge in [0.1, 0.15) is 0 Å². The minimum absolute atomic E-state index is 0.0800. The molecule has 0 saturated carbocycles. The molecule has 0 spiro atoms. The highest BCUT2D eigenvalue weighted by Gasteiger charge is 2.07. The number of carbonyl (C=O) groups is 1. The van der Waals surface area contributed by atoms with Gasteiger partial charge in [0, 0.05) is 4.47 Å². The Labute approximate surface area is 96.8 Å². The lowest BCUT2D eigenvalue weighted by molar-refractivity contribution is 0.229. The van der Waals surface area contributed by atoms with Crippen LogP contribution in [-0.4, -0.2) is 23.8 Å². The van der Waals surface area contributed by atoms with E-state index in [1.807, 2.05) is 18.2 Å². The molecule has 82 valence electrons. The fraction of sp³-hybridized carbons (Fsp3) is 0.300. The summed E-state index contributed by atoms with van der Waals surface area (Å²) in [7, 11) is 0. The molecule has 5 heteroatoms. The third-order valence-corrected chi connectivity index (χ3v) is 2.46. The van der Waals surface area contributed by atoms with Crippen LogP contribution < -0.4 is 10.6 Å². The van der Waals surface area contributed by atoms with E-state index in [1.54, 1.807) is 13.0 Å². The second kappa shape index (κ2) is 5.72. The monoisotopic (exact) mass is 272 g/mol. The number of rotatable bonds is 3.